The molecule has 2 rings (SSSR count). The number of nitrogens with zero attached hydrogens (tertiary/aromatic N) is 1. The van der Waals surface area contributed by atoms with Crippen LogP contribution < -0.4 is 5.32 Å². The van der Waals surface area contributed by atoms with Crippen LogP contribution in [0.1, 0.15) is 18.2 Å². The standard InChI is InChI=1S/C13H16N2O/c1-3-10-4-6-11(7-5-10)13-15-12(8-14-2)9-16-13/h4-7,9,14H,3,8H2,1-2H3. The SMILES string of the molecule is CCc1ccc(-c2nc(CNC)co2)cc1. The molecular formula is C13H16N2O. The fourth-order valence-electron chi connectivity index (χ4n) is 1.58. The molecule has 0 unspecified atom stereocenters. The van der Waals surface area contributed by atoms with Crippen molar-refractivity contribution < 1.29 is 4.42 Å². The van der Waals surface area contributed by atoms with E-state index in [1.807, 2.05) is 19.2 Å². The molecule has 1 heterocycles. The van der Waals surface area contributed by atoms with Gasteiger partial charge in [-0.25, -0.2) is 4.98 Å². The molecule has 0 aliphatic rings. The molecule has 3 nitrogen and oxygen atoms in total. The first-order valence-corrected chi connectivity index (χ1v) is 5.51. The smallest absolute Gasteiger partial charge is 0.226 e. The Labute approximate surface area is 95.5 Å². The van der Waals surface area contributed by atoms with Gasteiger partial charge in [-0.1, -0.05) is 19.1 Å². The predicted octanol–water partition coefficient (Wildman–Crippen LogP) is 2.62. The van der Waals surface area contributed by atoms with E-state index in [1.165, 1.54) is 5.56 Å². The molecule has 84 valence electrons. The Bertz CT molecular complexity index is 445. The molecule has 0 saturated heterocycles. The van der Waals surface area contributed by atoms with Crippen molar-refractivity contribution in [1.82, 2.24) is 10.3 Å². The van der Waals surface area contributed by atoms with Crippen LogP contribution in [0.15, 0.2) is 34.9 Å². The van der Waals surface area contributed by atoms with Gasteiger partial charge in [-0.2, -0.15) is 0 Å². The molecule has 3 heteroatoms. The van der Waals surface area contributed by atoms with E-state index in [9.17, 15) is 0 Å². The number of oxazole rings is 1. The van der Waals surface area contributed by atoms with Gasteiger partial charge in [-0.15, -0.1) is 0 Å². The highest BCUT2D eigenvalue weighted by Gasteiger charge is 2.05. The quantitative estimate of drug-likeness (QED) is 0.853. The third kappa shape index (κ3) is 2.31. The van der Waals surface area contributed by atoms with E-state index in [-0.39, 0.29) is 0 Å². The topological polar surface area (TPSA) is 38.1 Å². The summed E-state index contributed by atoms with van der Waals surface area (Å²) in [6, 6.07) is 8.32. The van der Waals surface area contributed by atoms with Crippen molar-refractivity contribution in [3.8, 4) is 11.5 Å². The van der Waals surface area contributed by atoms with Crippen LogP contribution >= 0.6 is 0 Å². The molecule has 16 heavy (non-hydrogen) atoms. The highest BCUT2D eigenvalue weighted by molar-refractivity contribution is 5.53. The van der Waals surface area contributed by atoms with Gasteiger partial charge in [0.05, 0.1) is 5.69 Å². The zero-order chi connectivity index (χ0) is 11.4. The van der Waals surface area contributed by atoms with Gasteiger partial charge in [0.2, 0.25) is 5.89 Å². The molecular weight excluding hydrogens is 200 g/mol. The second-order valence-corrected chi connectivity index (χ2v) is 3.72. The van der Waals surface area contributed by atoms with E-state index >= 15 is 0 Å². The number of hydrogen-bond acceptors (Lipinski definition) is 3. The monoisotopic (exact) mass is 216 g/mol. The first-order chi connectivity index (χ1) is 7.83. The van der Waals surface area contributed by atoms with Crippen molar-refractivity contribution in [2.45, 2.75) is 19.9 Å². The van der Waals surface area contributed by atoms with Crippen molar-refractivity contribution in [1.29, 1.82) is 0 Å². The van der Waals surface area contributed by atoms with Gasteiger partial charge < -0.3 is 9.73 Å². The van der Waals surface area contributed by atoms with Gasteiger partial charge in [0, 0.05) is 12.1 Å². The average molecular weight is 216 g/mol. The van der Waals surface area contributed by atoms with E-state index in [1.54, 1.807) is 6.26 Å². The summed E-state index contributed by atoms with van der Waals surface area (Å²) in [5, 5.41) is 3.04. The molecule has 1 aromatic carbocycles. The highest BCUT2D eigenvalue weighted by atomic mass is 16.3. The lowest BCUT2D eigenvalue weighted by Gasteiger charge is -1.97. The van der Waals surface area contributed by atoms with E-state index in [2.05, 4.69) is 29.4 Å². The Hall–Kier alpha value is -1.61. The Morgan fingerprint density at radius 3 is 2.62 bits per heavy atom. The number of aromatic nitrogens is 1. The van der Waals surface area contributed by atoms with E-state index in [4.69, 9.17) is 4.42 Å². The van der Waals surface area contributed by atoms with Crippen LogP contribution in [0.4, 0.5) is 0 Å². The van der Waals surface area contributed by atoms with E-state index in [0.717, 1.165) is 24.2 Å². The molecule has 0 bridgehead atoms. The minimum atomic E-state index is 0.688. The summed E-state index contributed by atoms with van der Waals surface area (Å²) in [7, 11) is 1.89. The zero-order valence-corrected chi connectivity index (χ0v) is 9.66. The fraction of sp³-hybridized carbons (Fsp3) is 0.308. The summed E-state index contributed by atoms with van der Waals surface area (Å²) in [6.07, 6.45) is 2.75. The molecule has 0 saturated carbocycles. The number of rotatable bonds is 4. The summed E-state index contributed by atoms with van der Waals surface area (Å²) >= 11 is 0. The molecule has 0 atom stereocenters. The molecule has 2 aromatic rings. The van der Waals surface area contributed by atoms with Crippen molar-refractivity contribution in [3.63, 3.8) is 0 Å². The van der Waals surface area contributed by atoms with Crippen molar-refractivity contribution in [2.24, 2.45) is 0 Å². The normalized spacial score (nSPS) is 10.6. The molecule has 1 N–H and O–H groups in total. The third-order valence-corrected chi connectivity index (χ3v) is 2.52. The molecule has 0 aliphatic carbocycles. The van der Waals surface area contributed by atoms with Crippen LogP contribution in [0.25, 0.3) is 11.5 Å². The Kier molecular flexibility index (Phi) is 3.37. The van der Waals surface area contributed by atoms with Gasteiger partial charge in [0.25, 0.3) is 0 Å². The summed E-state index contributed by atoms with van der Waals surface area (Å²) in [5.41, 5.74) is 3.28. The lowest BCUT2D eigenvalue weighted by atomic mass is 10.1. The Morgan fingerprint density at radius 1 is 1.25 bits per heavy atom. The minimum absolute atomic E-state index is 0.688. The van der Waals surface area contributed by atoms with Crippen LogP contribution in [0.3, 0.4) is 0 Å². The second kappa shape index (κ2) is 4.94. The molecule has 0 spiro atoms. The van der Waals surface area contributed by atoms with Crippen LogP contribution in [-0.4, -0.2) is 12.0 Å². The minimum Gasteiger partial charge on any atom is -0.444 e. The van der Waals surface area contributed by atoms with Gasteiger partial charge >= 0.3 is 0 Å². The predicted molar refractivity (Wildman–Crippen MR) is 64.1 cm³/mol. The highest BCUT2D eigenvalue weighted by Crippen LogP contribution is 2.19. The van der Waals surface area contributed by atoms with Crippen LogP contribution in [0.2, 0.25) is 0 Å². The lowest BCUT2D eigenvalue weighted by Crippen LogP contribution is -2.04. The van der Waals surface area contributed by atoms with Crippen molar-refractivity contribution in [2.75, 3.05) is 7.05 Å². The number of nitrogens with one attached hydrogen (secondary N) is 1. The maximum atomic E-state index is 5.43. The maximum absolute atomic E-state index is 5.43. The Morgan fingerprint density at radius 2 is 2.00 bits per heavy atom. The summed E-state index contributed by atoms with van der Waals surface area (Å²) in [5.74, 6) is 0.688. The van der Waals surface area contributed by atoms with Gasteiger partial charge in [-0.3, -0.25) is 0 Å². The van der Waals surface area contributed by atoms with E-state index in [0.29, 0.717) is 5.89 Å². The molecule has 0 radical (unpaired) electrons. The summed E-state index contributed by atoms with van der Waals surface area (Å²) in [4.78, 5) is 4.40. The van der Waals surface area contributed by atoms with Gasteiger partial charge in [-0.05, 0) is 31.2 Å². The van der Waals surface area contributed by atoms with E-state index < -0.39 is 0 Å². The van der Waals surface area contributed by atoms with Crippen LogP contribution in [0, 0.1) is 0 Å². The molecule has 0 aliphatic heterocycles. The lowest BCUT2D eigenvalue weighted by molar-refractivity contribution is 0.571. The van der Waals surface area contributed by atoms with Gasteiger partial charge in [0.15, 0.2) is 0 Å². The van der Waals surface area contributed by atoms with Crippen molar-refractivity contribution >= 4 is 0 Å². The number of aryl methyl sites for hydroxylation is 1. The first kappa shape index (κ1) is 10.9. The zero-order valence-electron chi connectivity index (χ0n) is 9.66. The van der Waals surface area contributed by atoms with Crippen LogP contribution in [-0.2, 0) is 13.0 Å². The average Bonchev–Trinajstić information content (AvgIpc) is 2.78. The first-order valence-electron chi connectivity index (χ1n) is 5.51. The number of benzene rings is 1. The van der Waals surface area contributed by atoms with Gasteiger partial charge in [0.1, 0.15) is 6.26 Å². The van der Waals surface area contributed by atoms with Crippen LogP contribution in [0.5, 0.6) is 0 Å². The maximum Gasteiger partial charge on any atom is 0.226 e. The summed E-state index contributed by atoms with van der Waals surface area (Å²) < 4.78 is 5.43. The molecule has 0 amide bonds. The van der Waals surface area contributed by atoms with Crippen molar-refractivity contribution in [3.05, 3.63) is 41.8 Å². The summed E-state index contributed by atoms with van der Waals surface area (Å²) in [6.45, 7) is 2.88. The second-order valence-electron chi connectivity index (χ2n) is 3.72. The molecule has 1 aromatic heterocycles. The fourth-order valence-corrected chi connectivity index (χ4v) is 1.58. The Balaban J connectivity index is 2.21. The largest absolute Gasteiger partial charge is 0.444 e. The number of hydrogen-bond donors (Lipinski definition) is 1. The molecule has 0 fully saturated rings. The third-order valence-electron chi connectivity index (χ3n) is 2.52.